The van der Waals surface area contributed by atoms with E-state index in [0.29, 0.717) is 0 Å². The average Bonchev–Trinajstić information content (AvgIpc) is 1.63. The quantitative estimate of drug-likeness (QED) is 0.475. The molecule has 0 heterocycles. The van der Waals surface area contributed by atoms with Gasteiger partial charge in [-0.1, -0.05) is 0 Å². The molecular weight excluding hydrogens is 175 g/mol. The second-order valence-corrected chi connectivity index (χ2v) is 6.04. The molecule has 0 nitrogen and oxygen atoms in total. The molecule has 0 rings (SSSR count). The third-order valence-corrected chi connectivity index (χ3v) is 3.07. The predicted molar refractivity (Wildman–Crippen MR) is 45.1 cm³/mol. The monoisotopic (exact) mass is 192 g/mol. The molecule has 0 atom stereocenters. The van der Waals surface area contributed by atoms with E-state index in [2.05, 4.69) is 33.8 Å². The first-order chi connectivity index (χ1) is 4.13. The van der Waals surface area contributed by atoms with E-state index in [-0.39, 0.29) is 0 Å². The zero-order valence-electron chi connectivity index (χ0n) is 6.77. The van der Waals surface area contributed by atoms with Gasteiger partial charge in [0.05, 0.1) is 0 Å². The Hall–Kier alpha value is 0.259. The fourth-order valence-electron chi connectivity index (χ4n) is 0.407. The van der Waals surface area contributed by atoms with Crippen molar-refractivity contribution in [3.8, 4) is 0 Å². The van der Waals surface area contributed by atoms with Crippen molar-refractivity contribution in [2.45, 2.75) is 37.8 Å². The Morgan fingerprint density at radius 3 is 2.33 bits per heavy atom. The van der Waals surface area contributed by atoms with E-state index in [4.69, 9.17) is 0 Å². The third kappa shape index (κ3) is 8.26. The van der Waals surface area contributed by atoms with E-state index in [1.54, 1.807) is 0 Å². The Morgan fingerprint density at radius 2 is 2.00 bits per heavy atom. The van der Waals surface area contributed by atoms with Crippen LogP contribution in [0, 0.1) is 0 Å². The van der Waals surface area contributed by atoms with Crippen molar-refractivity contribution >= 4 is 15.0 Å². The number of rotatable bonds is 3. The molecular formula is C8H16Se. The fourth-order valence-corrected chi connectivity index (χ4v) is 2.12. The summed E-state index contributed by atoms with van der Waals surface area (Å²) in [4.78, 5) is 0.910. The Morgan fingerprint density at radius 1 is 1.44 bits per heavy atom. The molecule has 0 aliphatic heterocycles. The molecule has 1 heteroatoms. The first-order valence-electron chi connectivity index (χ1n) is 3.38. The van der Waals surface area contributed by atoms with Crippen LogP contribution in [0.5, 0.6) is 0 Å². The van der Waals surface area contributed by atoms with Crippen molar-refractivity contribution in [2.75, 3.05) is 0 Å². The molecule has 0 N–H and O–H groups in total. The first kappa shape index (κ1) is 9.26. The number of hydrogen-bond donors (Lipinski definition) is 0. The molecule has 0 aliphatic rings. The Bertz CT molecular complexity index is 88.7. The molecule has 0 bridgehead atoms. The normalized spacial score (nSPS) is 9.89. The molecule has 0 aromatic heterocycles. The van der Waals surface area contributed by atoms with E-state index in [0.717, 1.165) is 19.8 Å². The molecule has 9 heavy (non-hydrogen) atoms. The zero-order chi connectivity index (χ0) is 7.28. The molecule has 0 fully saturated rings. The predicted octanol–water partition coefficient (Wildman–Crippen LogP) is 2.90. The summed E-state index contributed by atoms with van der Waals surface area (Å²) in [5, 5.41) is 1.31. The van der Waals surface area contributed by atoms with Crippen molar-refractivity contribution in [1.82, 2.24) is 0 Å². The van der Waals surface area contributed by atoms with Crippen LogP contribution in [0.3, 0.4) is 0 Å². The van der Waals surface area contributed by atoms with Gasteiger partial charge in [0, 0.05) is 0 Å². The third-order valence-electron chi connectivity index (χ3n) is 0.921. The van der Waals surface area contributed by atoms with Crippen LogP contribution in [0.1, 0.15) is 27.7 Å². The molecule has 0 saturated heterocycles. The summed E-state index contributed by atoms with van der Waals surface area (Å²) < 4.78 is 0. The van der Waals surface area contributed by atoms with E-state index in [1.807, 2.05) is 0 Å². The van der Waals surface area contributed by atoms with Crippen molar-refractivity contribution in [2.24, 2.45) is 0 Å². The Kier molecular flexibility index (Phi) is 5.22. The summed E-state index contributed by atoms with van der Waals surface area (Å²) in [6.45, 7) is 8.91. The van der Waals surface area contributed by atoms with E-state index in [1.165, 1.54) is 10.9 Å². The van der Waals surface area contributed by atoms with Crippen molar-refractivity contribution < 1.29 is 0 Å². The van der Waals surface area contributed by atoms with E-state index < -0.39 is 0 Å². The van der Waals surface area contributed by atoms with Crippen molar-refractivity contribution in [3.05, 3.63) is 11.6 Å². The summed E-state index contributed by atoms with van der Waals surface area (Å²) in [7, 11) is 0. The van der Waals surface area contributed by atoms with Gasteiger partial charge < -0.3 is 0 Å². The van der Waals surface area contributed by atoms with E-state index in [9.17, 15) is 0 Å². The van der Waals surface area contributed by atoms with Crippen LogP contribution in [-0.4, -0.2) is 15.0 Å². The van der Waals surface area contributed by atoms with Gasteiger partial charge in [-0.3, -0.25) is 0 Å². The summed E-state index contributed by atoms with van der Waals surface area (Å²) in [6, 6.07) is 0. The van der Waals surface area contributed by atoms with Crippen LogP contribution < -0.4 is 0 Å². The minimum atomic E-state index is 0.831. The zero-order valence-corrected chi connectivity index (χ0v) is 8.48. The van der Waals surface area contributed by atoms with Crippen LogP contribution >= 0.6 is 0 Å². The van der Waals surface area contributed by atoms with Crippen molar-refractivity contribution in [3.63, 3.8) is 0 Å². The average molecular weight is 191 g/mol. The van der Waals surface area contributed by atoms with Crippen LogP contribution in [-0.2, 0) is 0 Å². The van der Waals surface area contributed by atoms with Crippen LogP contribution in [0.4, 0.5) is 0 Å². The van der Waals surface area contributed by atoms with Crippen LogP contribution in [0.25, 0.3) is 0 Å². The molecule has 0 radical (unpaired) electrons. The van der Waals surface area contributed by atoms with Gasteiger partial charge in [0.1, 0.15) is 0 Å². The van der Waals surface area contributed by atoms with Gasteiger partial charge in [-0.25, -0.2) is 0 Å². The molecule has 0 aromatic rings. The minimum absolute atomic E-state index is 0.831. The van der Waals surface area contributed by atoms with Gasteiger partial charge in [-0.15, -0.1) is 0 Å². The molecule has 0 aromatic carbocycles. The van der Waals surface area contributed by atoms with Gasteiger partial charge in [0.2, 0.25) is 0 Å². The Labute approximate surface area is 64.9 Å². The number of allylic oxidation sites excluding steroid dienone is 2. The molecule has 0 saturated carbocycles. The fraction of sp³-hybridized carbons (Fsp3) is 0.750. The number of hydrogen-bond acceptors (Lipinski definition) is 0. The topological polar surface area (TPSA) is 0 Å². The van der Waals surface area contributed by atoms with Crippen molar-refractivity contribution in [1.29, 1.82) is 0 Å². The van der Waals surface area contributed by atoms with Gasteiger partial charge >= 0.3 is 64.4 Å². The van der Waals surface area contributed by atoms with Gasteiger partial charge in [0.15, 0.2) is 0 Å². The maximum absolute atomic E-state index is 2.33. The van der Waals surface area contributed by atoms with E-state index >= 15 is 0 Å². The molecule has 0 spiro atoms. The van der Waals surface area contributed by atoms with Crippen LogP contribution in [0.15, 0.2) is 11.6 Å². The molecule has 0 amide bonds. The summed E-state index contributed by atoms with van der Waals surface area (Å²) in [6.07, 6.45) is 2.33. The van der Waals surface area contributed by atoms with Crippen LogP contribution in [0.2, 0.25) is 10.1 Å². The first-order valence-corrected chi connectivity index (χ1v) is 5.58. The second kappa shape index (κ2) is 5.08. The molecule has 0 unspecified atom stereocenters. The molecule has 0 aliphatic carbocycles. The second-order valence-electron chi connectivity index (χ2n) is 2.66. The standard InChI is InChI=1S/C8H16Se/c1-7(2)5-6-9-8(3)4/h5,8H,6H2,1-4H3. The SMILES string of the molecule is CC(C)=CC[Se]C(C)C. The summed E-state index contributed by atoms with van der Waals surface area (Å²) in [5.41, 5.74) is 1.46. The van der Waals surface area contributed by atoms with Gasteiger partial charge in [-0.05, 0) is 0 Å². The Balaban J connectivity index is 3.20. The summed E-state index contributed by atoms with van der Waals surface area (Å²) in [5.74, 6) is 0. The summed E-state index contributed by atoms with van der Waals surface area (Å²) >= 11 is 0.831. The van der Waals surface area contributed by atoms with Gasteiger partial charge in [0.25, 0.3) is 0 Å². The van der Waals surface area contributed by atoms with Gasteiger partial charge in [-0.2, -0.15) is 0 Å². The maximum atomic E-state index is 2.33. The molecule has 54 valence electrons.